The molecular weight excluding hydrogens is 262 g/mol. The Hall–Kier alpha value is -1.39. The van der Waals surface area contributed by atoms with E-state index < -0.39 is 6.04 Å². The molecule has 0 spiro atoms. The Balaban J connectivity index is 1.76. The van der Waals surface area contributed by atoms with Crippen molar-refractivity contribution < 1.29 is 4.79 Å². The number of hydrogen-bond donors (Lipinski definition) is 1. The van der Waals surface area contributed by atoms with E-state index in [1.807, 2.05) is 30.1 Å². The van der Waals surface area contributed by atoms with Gasteiger partial charge in [-0.15, -0.1) is 0 Å². The van der Waals surface area contributed by atoms with Gasteiger partial charge in [-0.2, -0.15) is 0 Å². The van der Waals surface area contributed by atoms with Gasteiger partial charge in [0.15, 0.2) is 0 Å². The van der Waals surface area contributed by atoms with Gasteiger partial charge in [-0.05, 0) is 44.3 Å². The third kappa shape index (κ3) is 4.83. The normalized spacial score (nSPS) is 20.4. The quantitative estimate of drug-likeness (QED) is 0.860. The van der Waals surface area contributed by atoms with Crippen LogP contribution in [0.15, 0.2) is 30.3 Å². The van der Waals surface area contributed by atoms with Gasteiger partial charge < -0.3 is 15.5 Å². The monoisotopic (exact) mass is 289 g/mol. The number of amides is 1. The molecule has 1 aliphatic rings. The average molecular weight is 289 g/mol. The van der Waals surface area contributed by atoms with Crippen molar-refractivity contribution in [2.75, 3.05) is 33.7 Å². The zero-order valence-corrected chi connectivity index (χ0v) is 13.2. The largest absolute Gasteiger partial charge is 0.344 e. The van der Waals surface area contributed by atoms with Gasteiger partial charge in [0.1, 0.15) is 0 Å². The van der Waals surface area contributed by atoms with Crippen LogP contribution in [0.1, 0.15) is 18.4 Å². The molecule has 2 atom stereocenters. The molecule has 1 amide bonds. The molecule has 0 radical (unpaired) electrons. The van der Waals surface area contributed by atoms with Gasteiger partial charge in [0.05, 0.1) is 6.04 Å². The maximum absolute atomic E-state index is 12.3. The third-order valence-electron chi connectivity index (χ3n) is 4.30. The summed E-state index contributed by atoms with van der Waals surface area (Å²) in [5.74, 6) is 0.658. The number of hydrogen-bond acceptors (Lipinski definition) is 3. The summed E-state index contributed by atoms with van der Waals surface area (Å²) in [5.41, 5.74) is 7.30. The zero-order valence-electron chi connectivity index (χ0n) is 13.2. The molecular formula is C17H27N3O. The van der Waals surface area contributed by atoms with E-state index in [0.29, 0.717) is 12.3 Å². The van der Waals surface area contributed by atoms with Crippen molar-refractivity contribution >= 4 is 5.91 Å². The first-order valence-corrected chi connectivity index (χ1v) is 7.79. The minimum absolute atomic E-state index is 0.0699. The Morgan fingerprint density at radius 1 is 1.43 bits per heavy atom. The zero-order chi connectivity index (χ0) is 15.2. The summed E-state index contributed by atoms with van der Waals surface area (Å²) in [4.78, 5) is 16.5. The van der Waals surface area contributed by atoms with Gasteiger partial charge in [-0.25, -0.2) is 0 Å². The van der Waals surface area contributed by atoms with Gasteiger partial charge in [0.25, 0.3) is 0 Å². The van der Waals surface area contributed by atoms with Crippen LogP contribution in [0.5, 0.6) is 0 Å². The first-order chi connectivity index (χ1) is 10.1. The number of aryl methyl sites for hydroxylation is 1. The number of likely N-dealkylation sites (N-methyl/N-ethyl adjacent to an activating group) is 1. The van der Waals surface area contributed by atoms with Crippen molar-refractivity contribution in [3.05, 3.63) is 35.9 Å². The van der Waals surface area contributed by atoms with Crippen LogP contribution in [0.25, 0.3) is 0 Å². The lowest BCUT2D eigenvalue weighted by atomic mass is 10.0. The number of nitrogens with two attached hydrogens (primary N) is 1. The highest BCUT2D eigenvalue weighted by Crippen LogP contribution is 2.15. The van der Waals surface area contributed by atoms with Crippen LogP contribution in [-0.4, -0.2) is 55.5 Å². The van der Waals surface area contributed by atoms with E-state index in [9.17, 15) is 4.79 Å². The molecule has 1 fully saturated rings. The molecule has 1 aromatic rings. The molecule has 0 aromatic heterocycles. The molecule has 1 heterocycles. The molecule has 1 aromatic carbocycles. The second-order valence-corrected chi connectivity index (χ2v) is 6.27. The van der Waals surface area contributed by atoms with Gasteiger partial charge in [-0.3, -0.25) is 4.79 Å². The van der Waals surface area contributed by atoms with E-state index in [1.54, 1.807) is 0 Å². The van der Waals surface area contributed by atoms with E-state index in [2.05, 4.69) is 24.1 Å². The molecule has 0 bridgehead atoms. The highest BCUT2D eigenvalue weighted by atomic mass is 16.2. The minimum Gasteiger partial charge on any atom is -0.344 e. The maximum atomic E-state index is 12.3. The Morgan fingerprint density at radius 3 is 2.76 bits per heavy atom. The van der Waals surface area contributed by atoms with Crippen molar-refractivity contribution in [1.29, 1.82) is 0 Å². The van der Waals surface area contributed by atoms with Crippen molar-refractivity contribution in [2.45, 2.75) is 25.3 Å². The van der Waals surface area contributed by atoms with Crippen molar-refractivity contribution in [3.8, 4) is 0 Å². The lowest BCUT2D eigenvalue weighted by molar-refractivity contribution is -0.131. The molecule has 4 nitrogen and oxygen atoms in total. The molecule has 2 rings (SSSR count). The van der Waals surface area contributed by atoms with E-state index in [0.717, 1.165) is 26.1 Å². The van der Waals surface area contributed by atoms with E-state index in [-0.39, 0.29) is 5.91 Å². The highest BCUT2D eigenvalue weighted by molar-refractivity contribution is 5.81. The molecule has 1 unspecified atom stereocenters. The van der Waals surface area contributed by atoms with Gasteiger partial charge in [0, 0.05) is 20.1 Å². The first kappa shape index (κ1) is 16.0. The van der Waals surface area contributed by atoms with Gasteiger partial charge in [0.2, 0.25) is 5.91 Å². The summed E-state index contributed by atoms with van der Waals surface area (Å²) in [7, 11) is 4.01. The Kier molecular flexibility index (Phi) is 5.76. The van der Waals surface area contributed by atoms with Crippen LogP contribution in [-0.2, 0) is 11.2 Å². The topological polar surface area (TPSA) is 49.6 Å². The molecule has 116 valence electrons. The predicted octanol–water partition coefficient (Wildman–Crippen LogP) is 1.36. The molecule has 4 heteroatoms. The first-order valence-electron chi connectivity index (χ1n) is 7.79. The Morgan fingerprint density at radius 2 is 2.14 bits per heavy atom. The fourth-order valence-corrected chi connectivity index (χ4v) is 3.03. The fraction of sp³-hybridized carbons (Fsp3) is 0.588. The van der Waals surface area contributed by atoms with Crippen LogP contribution < -0.4 is 5.73 Å². The van der Waals surface area contributed by atoms with Crippen LogP contribution in [0.2, 0.25) is 0 Å². The number of benzene rings is 1. The van der Waals surface area contributed by atoms with E-state index in [4.69, 9.17) is 5.73 Å². The Bertz CT molecular complexity index is 449. The minimum atomic E-state index is -0.394. The van der Waals surface area contributed by atoms with Crippen LogP contribution in [0.4, 0.5) is 0 Å². The lowest BCUT2D eigenvalue weighted by Gasteiger charge is -2.24. The van der Waals surface area contributed by atoms with Crippen LogP contribution in [0, 0.1) is 5.92 Å². The van der Waals surface area contributed by atoms with Crippen molar-refractivity contribution in [3.63, 3.8) is 0 Å². The molecule has 21 heavy (non-hydrogen) atoms. The maximum Gasteiger partial charge on any atom is 0.239 e. The number of rotatable bonds is 6. The highest BCUT2D eigenvalue weighted by Gasteiger charge is 2.24. The standard InChI is InChI=1S/C17H27N3O/c1-19-11-10-15(12-19)13-20(2)17(21)16(18)9-8-14-6-4-3-5-7-14/h3-7,15-16H,8-13,18H2,1-2H3/t15?,16-/m0/s1. The molecule has 0 aliphatic carbocycles. The Labute approximate surface area is 127 Å². The summed E-state index contributed by atoms with van der Waals surface area (Å²) in [6.07, 6.45) is 2.74. The summed E-state index contributed by atoms with van der Waals surface area (Å²) < 4.78 is 0. The van der Waals surface area contributed by atoms with Gasteiger partial charge >= 0.3 is 0 Å². The summed E-state index contributed by atoms with van der Waals surface area (Å²) in [5, 5.41) is 0. The van der Waals surface area contributed by atoms with Crippen molar-refractivity contribution in [2.24, 2.45) is 11.7 Å². The molecule has 1 saturated heterocycles. The lowest BCUT2D eigenvalue weighted by Crippen LogP contribution is -2.44. The fourth-order valence-electron chi connectivity index (χ4n) is 3.03. The SMILES string of the molecule is CN1CCC(CN(C)C(=O)[C@@H](N)CCc2ccccc2)C1. The van der Waals surface area contributed by atoms with Crippen LogP contribution >= 0.6 is 0 Å². The number of carbonyl (C=O) groups excluding carboxylic acids is 1. The van der Waals surface area contributed by atoms with E-state index >= 15 is 0 Å². The smallest absolute Gasteiger partial charge is 0.239 e. The average Bonchev–Trinajstić information content (AvgIpc) is 2.90. The number of carbonyl (C=O) groups is 1. The second-order valence-electron chi connectivity index (χ2n) is 6.27. The van der Waals surface area contributed by atoms with Crippen LogP contribution in [0.3, 0.4) is 0 Å². The van der Waals surface area contributed by atoms with Crippen molar-refractivity contribution in [1.82, 2.24) is 9.80 Å². The third-order valence-corrected chi connectivity index (χ3v) is 4.30. The summed E-state index contributed by atoms with van der Waals surface area (Å²) >= 11 is 0. The molecule has 0 saturated carbocycles. The number of nitrogens with zero attached hydrogens (tertiary/aromatic N) is 2. The molecule has 2 N–H and O–H groups in total. The van der Waals surface area contributed by atoms with Gasteiger partial charge in [-0.1, -0.05) is 30.3 Å². The summed E-state index contributed by atoms with van der Waals surface area (Å²) in [6, 6.07) is 9.80. The number of likely N-dealkylation sites (tertiary alicyclic amines) is 1. The summed E-state index contributed by atoms with van der Waals surface area (Å²) in [6.45, 7) is 3.03. The van der Waals surface area contributed by atoms with E-state index in [1.165, 1.54) is 12.0 Å². The second kappa shape index (κ2) is 7.57. The molecule has 1 aliphatic heterocycles. The predicted molar refractivity (Wildman–Crippen MR) is 86.0 cm³/mol.